The smallest absolute Gasteiger partial charge is 0.306 e. The molecule has 1 aliphatic carbocycles. The molecule has 2 atom stereocenters. The molecule has 2 aromatic heterocycles. The Hall–Kier alpha value is -3.09. The number of amides is 1. The second-order valence-electron chi connectivity index (χ2n) is 7.28. The van der Waals surface area contributed by atoms with Gasteiger partial charge in [-0.2, -0.15) is 5.10 Å². The highest BCUT2D eigenvalue weighted by Gasteiger charge is 2.45. The SMILES string of the molecule is CCCC(=O)OCC(=O)N1N=C2/C(=C/c3ccco3)CCC[C@@H]2[C@H]1c1ccco1. The lowest BCUT2D eigenvalue weighted by atomic mass is 9.79. The molecular weight excluding hydrogens is 372 g/mol. The Balaban J connectivity index is 1.61. The number of nitrogens with zero attached hydrogens (tertiary/aromatic N) is 2. The summed E-state index contributed by atoms with van der Waals surface area (Å²) in [6.07, 6.45) is 8.95. The summed E-state index contributed by atoms with van der Waals surface area (Å²) in [6, 6.07) is 7.07. The molecule has 0 radical (unpaired) electrons. The molecular formula is C22H24N2O5. The average molecular weight is 396 g/mol. The third-order valence-electron chi connectivity index (χ3n) is 5.26. The zero-order chi connectivity index (χ0) is 20.2. The molecule has 7 nitrogen and oxygen atoms in total. The molecule has 1 amide bonds. The summed E-state index contributed by atoms with van der Waals surface area (Å²) in [5.74, 6) is 0.747. The molecule has 7 heteroatoms. The number of hydrazone groups is 1. The zero-order valence-corrected chi connectivity index (χ0v) is 16.4. The minimum absolute atomic E-state index is 0.0337. The van der Waals surface area contributed by atoms with E-state index in [9.17, 15) is 9.59 Å². The number of carbonyl (C=O) groups is 2. The Labute approximate surface area is 169 Å². The highest BCUT2D eigenvalue weighted by Crippen LogP contribution is 2.44. The van der Waals surface area contributed by atoms with Crippen molar-refractivity contribution in [2.24, 2.45) is 11.0 Å². The largest absolute Gasteiger partial charge is 0.467 e. The molecule has 29 heavy (non-hydrogen) atoms. The van der Waals surface area contributed by atoms with Crippen molar-refractivity contribution < 1.29 is 23.2 Å². The molecule has 0 saturated heterocycles. The predicted octanol–water partition coefficient (Wildman–Crippen LogP) is 4.34. The van der Waals surface area contributed by atoms with E-state index >= 15 is 0 Å². The van der Waals surface area contributed by atoms with Crippen molar-refractivity contribution >= 4 is 23.7 Å². The number of ether oxygens (including phenoxy) is 1. The summed E-state index contributed by atoms with van der Waals surface area (Å²) in [5.41, 5.74) is 1.94. The van der Waals surface area contributed by atoms with Crippen LogP contribution in [0.3, 0.4) is 0 Å². The van der Waals surface area contributed by atoms with E-state index in [4.69, 9.17) is 13.6 Å². The first-order valence-corrected chi connectivity index (χ1v) is 10.0. The maximum Gasteiger partial charge on any atom is 0.306 e. The summed E-state index contributed by atoms with van der Waals surface area (Å²) >= 11 is 0. The molecule has 3 heterocycles. The maximum atomic E-state index is 12.9. The van der Waals surface area contributed by atoms with E-state index in [2.05, 4.69) is 5.10 Å². The second-order valence-corrected chi connectivity index (χ2v) is 7.28. The van der Waals surface area contributed by atoms with E-state index in [0.29, 0.717) is 18.6 Å². The maximum absolute atomic E-state index is 12.9. The van der Waals surface area contributed by atoms with Gasteiger partial charge in [0.05, 0.1) is 18.2 Å². The van der Waals surface area contributed by atoms with Crippen LogP contribution >= 0.6 is 0 Å². The van der Waals surface area contributed by atoms with Crippen LogP contribution in [0.25, 0.3) is 6.08 Å². The Morgan fingerprint density at radius 3 is 2.83 bits per heavy atom. The van der Waals surface area contributed by atoms with Gasteiger partial charge in [-0.05, 0) is 61.6 Å². The van der Waals surface area contributed by atoms with Crippen LogP contribution in [0.4, 0.5) is 0 Å². The van der Waals surface area contributed by atoms with Crippen molar-refractivity contribution in [3.63, 3.8) is 0 Å². The first-order chi connectivity index (χ1) is 14.2. The van der Waals surface area contributed by atoms with Gasteiger partial charge in [0.1, 0.15) is 17.6 Å². The van der Waals surface area contributed by atoms with Crippen molar-refractivity contribution in [3.05, 3.63) is 53.9 Å². The molecule has 2 aromatic rings. The summed E-state index contributed by atoms with van der Waals surface area (Å²) in [7, 11) is 0. The predicted molar refractivity (Wildman–Crippen MR) is 106 cm³/mol. The number of furan rings is 2. The average Bonchev–Trinajstić information content (AvgIpc) is 3.46. The van der Waals surface area contributed by atoms with Gasteiger partial charge in [-0.25, -0.2) is 5.01 Å². The van der Waals surface area contributed by atoms with E-state index in [1.165, 1.54) is 5.01 Å². The van der Waals surface area contributed by atoms with Gasteiger partial charge in [0.15, 0.2) is 6.61 Å². The molecule has 0 bridgehead atoms. The third-order valence-corrected chi connectivity index (χ3v) is 5.26. The molecule has 0 aromatic carbocycles. The van der Waals surface area contributed by atoms with Crippen LogP contribution in [0.5, 0.6) is 0 Å². The van der Waals surface area contributed by atoms with Crippen LogP contribution in [0.15, 0.2) is 56.3 Å². The minimum Gasteiger partial charge on any atom is -0.467 e. The lowest BCUT2D eigenvalue weighted by Gasteiger charge is -2.27. The van der Waals surface area contributed by atoms with Gasteiger partial charge in [0, 0.05) is 12.3 Å². The fraction of sp³-hybridized carbons (Fsp3) is 0.409. The highest BCUT2D eigenvalue weighted by atomic mass is 16.5. The van der Waals surface area contributed by atoms with E-state index in [-0.39, 0.29) is 30.4 Å². The highest BCUT2D eigenvalue weighted by molar-refractivity contribution is 6.08. The number of hydrogen-bond acceptors (Lipinski definition) is 6. The number of fused-ring (bicyclic) bond motifs is 1. The lowest BCUT2D eigenvalue weighted by Crippen LogP contribution is -2.34. The number of rotatable bonds is 6. The lowest BCUT2D eigenvalue weighted by molar-refractivity contribution is -0.153. The number of hydrogen-bond donors (Lipinski definition) is 0. The van der Waals surface area contributed by atoms with Crippen molar-refractivity contribution in [1.29, 1.82) is 0 Å². The fourth-order valence-corrected chi connectivity index (χ4v) is 3.97. The van der Waals surface area contributed by atoms with E-state index < -0.39 is 0 Å². The zero-order valence-electron chi connectivity index (χ0n) is 16.4. The topological polar surface area (TPSA) is 85.3 Å². The van der Waals surface area contributed by atoms with Gasteiger partial charge < -0.3 is 13.6 Å². The molecule has 1 aliphatic heterocycles. The van der Waals surface area contributed by atoms with Crippen LogP contribution in [-0.4, -0.2) is 29.2 Å². The first-order valence-electron chi connectivity index (χ1n) is 10.0. The third kappa shape index (κ3) is 4.04. The molecule has 2 aliphatic rings. The van der Waals surface area contributed by atoms with Gasteiger partial charge in [0.2, 0.25) is 0 Å². The Kier molecular flexibility index (Phi) is 5.64. The van der Waals surface area contributed by atoms with Crippen molar-refractivity contribution in [2.75, 3.05) is 6.61 Å². The second kappa shape index (κ2) is 8.51. The van der Waals surface area contributed by atoms with Crippen molar-refractivity contribution in [3.8, 4) is 0 Å². The molecule has 0 N–H and O–H groups in total. The monoisotopic (exact) mass is 396 g/mol. The normalized spacial score (nSPS) is 22.4. The van der Waals surface area contributed by atoms with Gasteiger partial charge in [-0.3, -0.25) is 9.59 Å². The number of allylic oxidation sites excluding steroid dienone is 1. The summed E-state index contributed by atoms with van der Waals surface area (Å²) in [4.78, 5) is 24.6. The summed E-state index contributed by atoms with van der Waals surface area (Å²) in [5, 5.41) is 6.10. The minimum atomic E-state index is -0.377. The first kappa shape index (κ1) is 19.2. The van der Waals surface area contributed by atoms with Crippen LogP contribution in [0.2, 0.25) is 0 Å². The van der Waals surface area contributed by atoms with E-state index in [1.807, 2.05) is 31.2 Å². The number of esters is 1. The van der Waals surface area contributed by atoms with Gasteiger partial charge >= 0.3 is 5.97 Å². The molecule has 1 fully saturated rings. The molecule has 0 spiro atoms. The van der Waals surface area contributed by atoms with Gasteiger partial charge in [-0.15, -0.1) is 0 Å². The van der Waals surface area contributed by atoms with Gasteiger partial charge in [-0.1, -0.05) is 6.92 Å². The number of carbonyl (C=O) groups excluding carboxylic acids is 2. The summed E-state index contributed by atoms with van der Waals surface area (Å²) in [6.45, 7) is 1.57. The Morgan fingerprint density at radius 1 is 1.28 bits per heavy atom. The van der Waals surface area contributed by atoms with Crippen molar-refractivity contribution in [2.45, 2.75) is 45.1 Å². The van der Waals surface area contributed by atoms with Crippen molar-refractivity contribution in [1.82, 2.24) is 5.01 Å². The fourth-order valence-electron chi connectivity index (χ4n) is 3.97. The Morgan fingerprint density at radius 2 is 2.10 bits per heavy atom. The van der Waals surface area contributed by atoms with Crippen LogP contribution in [0, 0.1) is 5.92 Å². The van der Waals surface area contributed by atoms with E-state index in [0.717, 1.165) is 36.3 Å². The van der Waals surface area contributed by atoms with Gasteiger partial charge in [0.25, 0.3) is 5.91 Å². The summed E-state index contributed by atoms with van der Waals surface area (Å²) < 4.78 is 16.2. The van der Waals surface area contributed by atoms with Crippen LogP contribution < -0.4 is 0 Å². The Bertz CT molecular complexity index is 911. The molecule has 1 saturated carbocycles. The van der Waals surface area contributed by atoms with Crippen LogP contribution in [0.1, 0.15) is 56.6 Å². The standard InChI is InChI=1S/C22H24N2O5/c1-2-6-20(26)29-14-19(25)24-22(18-10-5-12-28-18)17-9-3-7-15(21(17)23-24)13-16-8-4-11-27-16/h4-5,8,10-13,17,22H,2-3,6-7,9,14H2,1H3/b15-13+/t17-,22-/m0/s1. The molecule has 4 rings (SSSR count). The quantitative estimate of drug-likeness (QED) is 0.678. The molecule has 0 unspecified atom stereocenters. The van der Waals surface area contributed by atoms with E-state index in [1.54, 1.807) is 18.6 Å². The molecule has 152 valence electrons. The van der Waals surface area contributed by atoms with Crippen LogP contribution in [-0.2, 0) is 14.3 Å².